The second-order valence-corrected chi connectivity index (χ2v) is 7.30. The molecule has 4 nitrogen and oxygen atoms in total. The Bertz CT molecular complexity index is 709. The average Bonchev–Trinajstić information content (AvgIpc) is 2.74. The van der Waals surface area contributed by atoms with Gasteiger partial charge in [0, 0.05) is 32.2 Å². The SMILES string of the molecule is CCC(C)[C@H](c1ccc(OC)c(OCc2ccccc2)c1)N1CCNCC1.Cl.Cl. The van der Waals surface area contributed by atoms with E-state index in [2.05, 4.69) is 48.3 Å². The number of piperazine rings is 1. The van der Waals surface area contributed by atoms with Crippen LogP contribution in [0.2, 0.25) is 0 Å². The van der Waals surface area contributed by atoms with E-state index in [9.17, 15) is 0 Å². The number of nitrogens with one attached hydrogen (secondary N) is 1. The van der Waals surface area contributed by atoms with E-state index in [1.807, 2.05) is 24.3 Å². The highest BCUT2D eigenvalue weighted by Crippen LogP contribution is 2.37. The van der Waals surface area contributed by atoms with Crippen LogP contribution in [0.5, 0.6) is 11.5 Å². The van der Waals surface area contributed by atoms with E-state index in [-0.39, 0.29) is 24.8 Å². The summed E-state index contributed by atoms with van der Waals surface area (Å²) in [4.78, 5) is 2.60. The van der Waals surface area contributed by atoms with Crippen molar-refractivity contribution in [3.8, 4) is 11.5 Å². The number of hydrogen-bond acceptors (Lipinski definition) is 4. The lowest BCUT2D eigenvalue weighted by atomic mass is 9.90. The van der Waals surface area contributed by atoms with Gasteiger partial charge in [0.1, 0.15) is 6.61 Å². The fourth-order valence-electron chi connectivity index (χ4n) is 3.81. The predicted molar refractivity (Wildman–Crippen MR) is 125 cm³/mol. The minimum atomic E-state index is 0. The van der Waals surface area contributed by atoms with Crippen molar-refractivity contribution in [3.05, 3.63) is 59.7 Å². The first-order valence-corrected chi connectivity index (χ1v) is 10.0. The highest BCUT2D eigenvalue weighted by molar-refractivity contribution is 5.85. The maximum atomic E-state index is 6.15. The van der Waals surface area contributed by atoms with Gasteiger partial charge in [-0.05, 0) is 29.2 Å². The van der Waals surface area contributed by atoms with Crippen LogP contribution < -0.4 is 14.8 Å². The van der Waals surface area contributed by atoms with Gasteiger partial charge in [-0.1, -0.05) is 56.7 Å². The molecule has 1 saturated heterocycles. The van der Waals surface area contributed by atoms with Crippen molar-refractivity contribution >= 4 is 24.8 Å². The molecule has 29 heavy (non-hydrogen) atoms. The fraction of sp³-hybridized carbons (Fsp3) is 0.478. The molecule has 6 heteroatoms. The monoisotopic (exact) mass is 440 g/mol. The van der Waals surface area contributed by atoms with E-state index >= 15 is 0 Å². The average molecular weight is 441 g/mol. The van der Waals surface area contributed by atoms with Crippen molar-refractivity contribution in [1.29, 1.82) is 0 Å². The molecule has 2 atom stereocenters. The molecule has 162 valence electrons. The van der Waals surface area contributed by atoms with Crippen LogP contribution in [0.25, 0.3) is 0 Å². The summed E-state index contributed by atoms with van der Waals surface area (Å²) in [6.45, 7) is 9.45. The lowest BCUT2D eigenvalue weighted by molar-refractivity contribution is 0.128. The molecule has 1 aliphatic rings. The van der Waals surface area contributed by atoms with Crippen LogP contribution in [0.4, 0.5) is 0 Å². The summed E-state index contributed by atoms with van der Waals surface area (Å²) < 4.78 is 11.7. The Morgan fingerprint density at radius 2 is 1.69 bits per heavy atom. The highest BCUT2D eigenvalue weighted by atomic mass is 35.5. The molecule has 1 aliphatic heterocycles. The molecule has 0 spiro atoms. The van der Waals surface area contributed by atoms with Crippen LogP contribution in [0.15, 0.2) is 48.5 Å². The molecular weight excluding hydrogens is 407 g/mol. The van der Waals surface area contributed by atoms with Gasteiger partial charge in [-0.3, -0.25) is 4.90 Å². The third-order valence-corrected chi connectivity index (χ3v) is 5.49. The molecule has 3 rings (SSSR count). The Kier molecular flexibility index (Phi) is 11.4. The molecule has 2 aromatic carbocycles. The molecule has 0 bridgehead atoms. The first-order valence-electron chi connectivity index (χ1n) is 10.0. The van der Waals surface area contributed by atoms with Crippen LogP contribution in [0.3, 0.4) is 0 Å². The summed E-state index contributed by atoms with van der Waals surface area (Å²) in [5.74, 6) is 2.19. The summed E-state index contributed by atoms with van der Waals surface area (Å²) in [5.41, 5.74) is 2.47. The molecule has 1 fully saturated rings. The highest BCUT2D eigenvalue weighted by Gasteiger charge is 2.27. The standard InChI is InChI=1S/C23H32N2O2.2ClH/c1-4-18(2)23(25-14-12-24-13-15-25)20-10-11-21(26-3)22(16-20)27-17-19-8-6-5-7-9-19;;/h5-11,16,18,23-24H,4,12-15,17H2,1-3H3;2*1H/t18?,23-;;/m1../s1. The number of halogens is 2. The number of rotatable bonds is 8. The summed E-state index contributed by atoms with van der Waals surface area (Å²) >= 11 is 0. The Hall–Kier alpha value is -1.46. The second kappa shape index (κ2) is 13.0. The maximum Gasteiger partial charge on any atom is 0.161 e. The van der Waals surface area contributed by atoms with Crippen molar-refractivity contribution < 1.29 is 9.47 Å². The van der Waals surface area contributed by atoms with Gasteiger partial charge < -0.3 is 14.8 Å². The predicted octanol–water partition coefficient (Wildman–Crippen LogP) is 5.11. The zero-order chi connectivity index (χ0) is 19.1. The summed E-state index contributed by atoms with van der Waals surface area (Å²) in [5, 5.41) is 3.46. The van der Waals surface area contributed by atoms with Gasteiger partial charge in [-0.25, -0.2) is 0 Å². The van der Waals surface area contributed by atoms with Gasteiger partial charge in [-0.2, -0.15) is 0 Å². The Balaban J connectivity index is 0.00000210. The third kappa shape index (κ3) is 6.78. The molecule has 0 radical (unpaired) electrons. The van der Waals surface area contributed by atoms with Gasteiger partial charge in [0.15, 0.2) is 11.5 Å². The minimum Gasteiger partial charge on any atom is -0.493 e. The molecule has 1 N–H and O–H groups in total. The minimum absolute atomic E-state index is 0. The number of ether oxygens (including phenoxy) is 2. The van der Waals surface area contributed by atoms with Crippen molar-refractivity contribution in [1.82, 2.24) is 10.2 Å². The van der Waals surface area contributed by atoms with Crippen LogP contribution >= 0.6 is 24.8 Å². The van der Waals surface area contributed by atoms with E-state index in [0.717, 1.165) is 49.7 Å². The van der Waals surface area contributed by atoms with Crippen LogP contribution in [0, 0.1) is 5.92 Å². The lowest BCUT2D eigenvalue weighted by Gasteiger charge is -2.38. The van der Waals surface area contributed by atoms with E-state index in [1.54, 1.807) is 7.11 Å². The van der Waals surface area contributed by atoms with E-state index in [4.69, 9.17) is 9.47 Å². The van der Waals surface area contributed by atoms with Gasteiger partial charge in [-0.15, -0.1) is 24.8 Å². The number of hydrogen-bond donors (Lipinski definition) is 1. The first kappa shape index (κ1) is 25.6. The lowest BCUT2D eigenvalue weighted by Crippen LogP contribution is -2.46. The van der Waals surface area contributed by atoms with Gasteiger partial charge >= 0.3 is 0 Å². The van der Waals surface area contributed by atoms with E-state index in [1.165, 1.54) is 5.56 Å². The Morgan fingerprint density at radius 3 is 2.31 bits per heavy atom. The molecule has 0 amide bonds. The van der Waals surface area contributed by atoms with Crippen molar-refractivity contribution in [2.45, 2.75) is 32.9 Å². The van der Waals surface area contributed by atoms with Crippen LogP contribution in [-0.4, -0.2) is 38.2 Å². The zero-order valence-electron chi connectivity index (χ0n) is 17.6. The molecule has 0 aromatic heterocycles. The Morgan fingerprint density at radius 1 is 1.00 bits per heavy atom. The topological polar surface area (TPSA) is 33.7 Å². The third-order valence-electron chi connectivity index (χ3n) is 5.49. The normalized spacial score (nSPS) is 16.1. The molecular formula is C23H34Cl2N2O2. The van der Waals surface area contributed by atoms with Gasteiger partial charge in [0.2, 0.25) is 0 Å². The zero-order valence-corrected chi connectivity index (χ0v) is 19.2. The summed E-state index contributed by atoms with van der Waals surface area (Å²) in [7, 11) is 1.70. The maximum absolute atomic E-state index is 6.15. The molecule has 0 saturated carbocycles. The smallest absolute Gasteiger partial charge is 0.161 e. The molecule has 1 unspecified atom stereocenters. The Labute approximate surface area is 187 Å². The van der Waals surface area contributed by atoms with Crippen molar-refractivity contribution in [3.63, 3.8) is 0 Å². The van der Waals surface area contributed by atoms with Crippen LogP contribution in [0.1, 0.15) is 37.4 Å². The molecule has 2 aromatic rings. The quantitative estimate of drug-likeness (QED) is 0.617. The summed E-state index contributed by atoms with van der Waals surface area (Å²) in [6, 6.07) is 17.1. The molecule has 1 heterocycles. The summed E-state index contributed by atoms with van der Waals surface area (Å²) in [6.07, 6.45) is 1.15. The largest absolute Gasteiger partial charge is 0.493 e. The van der Waals surface area contributed by atoms with E-state index < -0.39 is 0 Å². The second-order valence-electron chi connectivity index (χ2n) is 7.30. The number of methoxy groups -OCH3 is 1. The number of benzene rings is 2. The van der Waals surface area contributed by atoms with Gasteiger partial charge in [0.25, 0.3) is 0 Å². The molecule has 0 aliphatic carbocycles. The fourth-order valence-corrected chi connectivity index (χ4v) is 3.81. The van der Waals surface area contributed by atoms with Crippen LogP contribution in [-0.2, 0) is 6.61 Å². The first-order chi connectivity index (χ1) is 13.2. The van der Waals surface area contributed by atoms with Crippen molar-refractivity contribution in [2.75, 3.05) is 33.3 Å². The van der Waals surface area contributed by atoms with Crippen molar-refractivity contribution in [2.24, 2.45) is 5.92 Å². The number of nitrogens with zero attached hydrogens (tertiary/aromatic N) is 1. The van der Waals surface area contributed by atoms with Gasteiger partial charge in [0.05, 0.1) is 7.11 Å². The van der Waals surface area contributed by atoms with E-state index in [0.29, 0.717) is 18.6 Å².